The topological polar surface area (TPSA) is 41.1 Å². The minimum absolute atomic E-state index is 0.0636. The lowest BCUT2D eigenvalue weighted by atomic mass is 10.3. The van der Waals surface area contributed by atoms with Gasteiger partial charge in [0.05, 0.1) is 18.5 Å². The van der Waals surface area contributed by atoms with Crippen molar-refractivity contribution < 1.29 is 13.2 Å². The maximum atomic E-state index is 12.4. The van der Waals surface area contributed by atoms with Gasteiger partial charge in [0.2, 0.25) is 0 Å². The van der Waals surface area contributed by atoms with E-state index in [2.05, 4.69) is 15.3 Å². The van der Waals surface area contributed by atoms with E-state index >= 15 is 0 Å². The van der Waals surface area contributed by atoms with E-state index in [-0.39, 0.29) is 6.54 Å². The van der Waals surface area contributed by atoms with Crippen LogP contribution >= 0.6 is 11.3 Å². The summed E-state index contributed by atoms with van der Waals surface area (Å²) in [6, 6.07) is 1.92. The number of hydrogen-bond donors (Lipinski definition) is 1. The number of rotatable bonds is 6. The number of halogens is 3. The molecule has 2 aromatic rings. The Morgan fingerprint density at radius 3 is 2.76 bits per heavy atom. The van der Waals surface area contributed by atoms with Gasteiger partial charge in [-0.15, -0.1) is 11.3 Å². The van der Waals surface area contributed by atoms with Crippen molar-refractivity contribution in [3.63, 3.8) is 0 Å². The zero-order valence-electron chi connectivity index (χ0n) is 11.9. The summed E-state index contributed by atoms with van der Waals surface area (Å²) in [7, 11) is 1.41. The van der Waals surface area contributed by atoms with Crippen molar-refractivity contribution in [3.8, 4) is 0 Å². The average molecular weight is 318 g/mol. The van der Waals surface area contributed by atoms with Crippen LogP contribution in [-0.4, -0.2) is 41.2 Å². The monoisotopic (exact) mass is 318 g/mol. The van der Waals surface area contributed by atoms with Gasteiger partial charge in [-0.05, 0) is 24.9 Å². The molecule has 2 aromatic heterocycles. The fourth-order valence-electron chi connectivity index (χ4n) is 1.95. The smallest absolute Gasteiger partial charge is 0.369 e. The molecule has 0 aromatic carbocycles. The standard InChI is InChI=1S/C13H17F3N4S/c1-3-5-17-11-9-4-6-21-12(9)19-10(18-11)7-20(2)8-13(14,15)16/h4,6H,3,5,7-8H2,1-2H3,(H,17,18,19). The highest BCUT2D eigenvalue weighted by molar-refractivity contribution is 7.16. The summed E-state index contributed by atoms with van der Waals surface area (Å²) < 4.78 is 37.1. The first kappa shape index (κ1) is 16.0. The Kier molecular flexibility index (Phi) is 5.00. The fraction of sp³-hybridized carbons (Fsp3) is 0.538. The van der Waals surface area contributed by atoms with Crippen LogP contribution < -0.4 is 5.32 Å². The van der Waals surface area contributed by atoms with Crippen molar-refractivity contribution in [2.45, 2.75) is 26.1 Å². The van der Waals surface area contributed by atoms with Gasteiger partial charge in [-0.1, -0.05) is 6.92 Å². The molecule has 8 heteroatoms. The molecule has 21 heavy (non-hydrogen) atoms. The van der Waals surface area contributed by atoms with Crippen LogP contribution in [0.4, 0.5) is 19.0 Å². The van der Waals surface area contributed by atoms with Crippen molar-refractivity contribution in [1.82, 2.24) is 14.9 Å². The number of anilines is 1. The maximum absolute atomic E-state index is 12.4. The highest BCUT2D eigenvalue weighted by atomic mass is 32.1. The number of aromatic nitrogens is 2. The van der Waals surface area contributed by atoms with Crippen molar-refractivity contribution in [1.29, 1.82) is 0 Å². The molecule has 0 unspecified atom stereocenters. The lowest BCUT2D eigenvalue weighted by molar-refractivity contribution is -0.144. The van der Waals surface area contributed by atoms with Crippen molar-refractivity contribution in [3.05, 3.63) is 17.3 Å². The summed E-state index contributed by atoms with van der Waals surface area (Å²) in [6.45, 7) is 1.89. The molecule has 2 rings (SSSR count). The Hall–Kier alpha value is -1.41. The molecular weight excluding hydrogens is 301 g/mol. The Morgan fingerprint density at radius 1 is 1.33 bits per heavy atom. The first-order chi connectivity index (χ1) is 9.89. The molecular formula is C13H17F3N4S. The van der Waals surface area contributed by atoms with E-state index in [1.54, 1.807) is 0 Å². The molecule has 4 nitrogen and oxygen atoms in total. The lowest BCUT2D eigenvalue weighted by Gasteiger charge is -2.18. The number of nitrogens with one attached hydrogen (secondary N) is 1. The Morgan fingerprint density at radius 2 is 2.10 bits per heavy atom. The molecule has 0 aliphatic rings. The van der Waals surface area contributed by atoms with Gasteiger partial charge in [0.25, 0.3) is 0 Å². The zero-order chi connectivity index (χ0) is 15.5. The molecule has 116 valence electrons. The highest BCUT2D eigenvalue weighted by Crippen LogP contribution is 2.25. The van der Waals surface area contributed by atoms with Gasteiger partial charge in [-0.25, -0.2) is 9.97 Å². The van der Waals surface area contributed by atoms with Crippen molar-refractivity contribution in [2.24, 2.45) is 0 Å². The second-order valence-corrected chi connectivity index (χ2v) is 5.74. The van der Waals surface area contributed by atoms with E-state index in [9.17, 15) is 13.2 Å². The van der Waals surface area contributed by atoms with Crippen LogP contribution in [0.3, 0.4) is 0 Å². The van der Waals surface area contributed by atoms with Gasteiger partial charge < -0.3 is 5.32 Å². The summed E-state index contributed by atoms with van der Waals surface area (Å²) in [5, 5.41) is 6.02. The Balaban J connectivity index is 2.19. The normalized spacial score (nSPS) is 12.3. The van der Waals surface area contributed by atoms with Crippen LogP contribution in [0.25, 0.3) is 10.2 Å². The highest BCUT2D eigenvalue weighted by Gasteiger charge is 2.29. The SMILES string of the molecule is CCCNc1nc(CN(C)CC(F)(F)F)nc2sccc12. The molecule has 2 heterocycles. The molecule has 0 radical (unpaired) electrons. The molecule has 0 bridgehead atoms. The number of thiophene rings is 1. The second-order valence-electron chi connectivity index (χ2n) is 4.84. The van der Waals surface area contributed by atoms with E-state index in [0.29, 0.717) is 11.6 Å². The molecule has 0 saturated heterocycles. The van der Waals surface area contributed by atoms with Crippen LogP contribution in [-0.2, 0) is 6.54 Å². The molecule has 0 amide bonds. The van der Waals surface area contributed by atoms with Crippen LogP contribution in [0.5, 0.6) is 0 Å². The van der Waals surface area contributed by atoms with Gasteiger partial charge in [-0.3, -0.25) is 4.90 Å². The van der Waals surface area contributed by atoms with E-state index in [1.807, 2.05) is 18.4 Å². The predicted molar refractivity (Wildman–Crippen MR) is 78.6 cm³/mol. The van der Waals surface area contributed by atoms with Crippen molar-refractivity contribution >= 4 is 27.4 Å². The summed E-state index contributed by atoms with van der Waals surface area (Å²) in [4.78, 5) is 10.6. The summed E-state index contributed by atoms with van der Waals surface area (Å²) in [5.41, 5.74) is 0. The quantitative estimate of drug-likeness (QED) is 0.885. The van der Waals surface area contributed by atoms with Gasteiger partial charge >= 0.3 is 6.18 Å². The lowest BCUT2D eigenvalue weighted by Crippen LogP contribution is -2.31. The molecule has 0 spiro atoms. The summed E-state index contributed by atoms with van der Waals surface area (Å²) in [6.07, 6.45) is -3.27. The third-order valence-electron chi connectivity index (χ3n) is 2.77. The van der Waals surface area contributed by atoms with E-state index in [4.69, 9.17) is 0 Å². The van der Waals surface area contributed by atoms with Crippen molar-refractivity contribution in [2.75, 3.05) is 25.5 Å². The minimum atomic E-state index is -4.22. The summed E-state index contributed by atoms with van der Waals surface area (Å²) >= 11 is 1.46. The molecule has 0 fully saturated rings. The fourth-order valence-corrected chi connectivity index (χ4v) is 2.73. The molecule has 0 aliphatic carbocycles. The largest absolute Gasteiger partial charge is 0.401 e. The van der Waals surface area contributed by atoms with Crippen LogP contribution in [0, 0.1) is 0 Å². The van der Waals surface area contributed by atoms with Crippen LogP contribution in [0.2, 0.25) is 0 Å². The first-order valence-electron chi connectivity index (χ1n) is 6.62. The second kappa shape index (κ2) is 6.57. The van der Waals surface area contributed by atoms with E-state index < -0.39 is 12.7 Å². The number of fused-ring (bicyclic) bond motifs is 1. The van der Waals surface area contributed by atoms with Gasteiger partial charge in [0.15, 0.2) is 0 Å². The molecule has 0 aliphatic heterocycles. The van der Waals surface area contributed by atoms with Gasteiger partial charge in [-0.2, -0.15) is 13.2 Å². The predicted octanol–water partition coefficient (Wildman–Crippen LogP) is 3.51. The first-order valence-corrected chi connectivity index (χ1v) is 7.50. The number of nitrogens with zero attached hydrogens (tertiary/aromatic N) is 3. The summed E-state index contributed by atoms with van der Waals surface area (Å²) in [5.74, 6) is 1.09. The van der Waals surface area contributed by atoms with E-state index in [0.717, 1.165) is 23.2 Å². The number of alkyl halides is 3. The van der Waals surface area contributed by atoms with Crippen LogP contribution in [0.15, 0.2) is 11.4 Å². The van der Waals surface area contributed by atoms with Gasteiger partial charge in [0.1, 0.15) is 16.5 Å². The van der Waals surface area contributed by atoms with Gasteiger partial charge in [0, 0.05) is 6.54 Å². The molecule has 0 atom stereocenters. The Bertz CT molecular complexity index is 597. The average Bonchev–Trinajstić information content (AvgIpc) is 2.81. The minimum Gasteiger partial charge on any atom is -0.369 e. The third kappa shape index (κ3) is 4.53. The zero-order valence-corrected chi connectivity index (χ0v) is 12.7. The maximum Gasteiger partial charge on any atom is 0.401 e. The van der Waals surface area contributed by atoms with E-state index in [1.165, 1.54) is 23.3 Å². The molecule has 0 saturated carbocycles. The number of hydrogen-bond acceptors (Lipinski definition) is 5. The molecule has 1 N–H and O–H groups in total. The van der Waals surface area contributed by atoms with Crippen LogP contribution in [0.1, 0.15) is 19.2 Å². The third-order valence-corrected chi connectivity index (χ3v) is 3.58. The Labute approximate surface area is 125 Å².